The number of aromatic nitrogens is 2. The average molecular weight is 1430 g/mol. The summed E-state index contributed by atoms with van der Waals surface area (Å²) in [5.74, 6) is 0. The highest BCUT2D eigenvalue weighted by atomic mass is 32.1. The molecule has 2 aliphatic rings. The van der Waals surface area contributed by atoms with Crippen molar-refractivity contribution in [3.63, 3.8) is 0 Å². The number of hydrogen-bond donors (Lipinski definition) is 0. The molecule has 16 aromatic carbocycles. The Morgan fingerprint density at radius 2 is 0.609 bits per heavy atom. The lowest BCUT2D eigenvalue weighted by Crippen LogP contribution is -2.17. The van der Waals surface area contributed by atoms with Crippen molar-refractivity contribution < 1.29 is 13.3 Å². The number of nitrogens with zero attached hydrogens (tertiary/aromatic N) is 4. The third-order valence-electron chi connectivity index (χ3n) is 24.0. The van der Waals surface area contributed by atoms with E-state index in [0.717, 1.165) is 99.9 Å². The number of benzene rings is 16. The lowest BCUT2D eigenvalue weighted by molar-refractivity contribution is 0.659. The van der Waals surface area contributed by atoms with E-state index in [1.54, 1.807) is 0 Å². The molecule has 6 aromatic heterocycles. The first kappa shape index (κ1) is 62.5. The molecule has 0 spiro atoms. The summed E-state index contributed by atoms with van der Waals surface area (Å²) in [6, 6.07) is 123. The minimum absolute atomic E-state index is 0.236. The summed E-state index contributed by atoms with van der Waals surface area (Å²) in [6.07, 6.45) is 0. The Bertz CT molecular complexity index is 7550. The normalized spacial score (nSPS) is 13.4. The van der Waals surface area contributed by atoms with Gasteiger partial charge in [0.15, 0.2) is 5.58 Å². The van der Waals surface area contributed by atoms with Crippen LogP contribution < -0.4 is 9.80 Å². The lowest BCUT2D eigenvalue weighted by atomic mass is 9.82. The SMILES string of the molecule is CC1(C)c2cc(N(c3ccc4c(c3)oc3ccccc34)c3ccc4oc5ccccc5c4c3)ccc2-c2ccc(-n3c4ccccc4c4ccccc43)cc21.CC1(C)c2cc(N(c3ccc4sc5ccccc5c4c3)c3cccc4c3oc3ccccc34)ccc2-c2ccc(-n3c4ccccc4c4ccccc43)cc21. The molecule has 0 radical (unpaired) electrons. The number of thiophene rings is 1. The fourth-order valence-electron chi connectivity index (χ4n) is 18.7. The van der Waals surface area contributed by atoms with Crippen LogP contribution in [-0.2, 0) is 10.8 Å². The Morgan fingerprint density at radius 1 is 0.245 bits per heavy atom. The fourth-order valence-corrected chi connectivity index (χ4v) is 19.8. The highest BCUT2D eigenvalue weighted by Crippen LogP contribution is 2.55. The molecule has 0 N–H and O–H groups in total. The van der Waals surface area contributed by atoms with Crippen molar-refractivity contribution in [2.45, 2.75) is 38.5 Å². The zero-order chi connectivity index (χ0) is 72.8. The van der Waals surface area contributed by atoms with Gasteiger partial charge in [0.25, 0.3) is 0 Å². The first-order chi connectivity index (χ1) is 54.0. The number of fused-ring (bicyclic) bond motifs is 24. The molecule has 0 amide bonds. The van der Waals surface area contributed by atoms with Crippen LogP contribution in [0.1, 0.15) is 49.9 Å². The molecule has 0 bridgehead atoms. The Morgan fingerprint density at radius 3 is 1.18 bits per heavy atom. The predicted octanol–water partition coefficient (Wildman–Crippen LogP) is 29.2. The van der Waals surface area contributed by atoms with Crippen LogP contribution in [0, 0.1) is 0 Å². The van der Waals surface area contributed by atoms with Crippen LogP contribution in [0.15, 0.2) is 353 Å². The highest BCUT2D eigenvalue weighted by molar-refractivity contribution is 7.25. The second-order valence-electron chi connectivity index (χ2n) is 30.7. The second-order valence-corrected chi connectivity index (χ2v) is 31.8. The van der Waals surface area contributed by atoms with Gasteiger partial charge in [-0.1, -0.05) is 210 Å². The third-order valence-corrected chi connectivity index (χ3v) is 25.1. The van der Waals surface area contributed by atoms with Crippen molar-refractivity contribution in [2.24, 2.45) is 0 Å². The molecule has 0 aliphatic heterocycles. The highest BCUT2D eigenvalue weighted by Gasteiger charge is 2.39. The molecule has 0 saturated carbocycles. The molecule has 7 nitrogen and oxygen atoms in total. The van der Waals surface area contributed by atoms with Crippen LogP contribution in [-0.4, -0.2) is 9.13 Å². The van der Waals surface area contributed by atoms with E-state index in [0.29, 0.717) is 0 Å². The van der Waals surface area contributed by atoms with Crippen LogP contribution in [0.3, 0.4) is 0 Å². The van der Waals surface area contributed by atoms with Crippen LogP contribution in [0.4, 0.5) is 34.1 Å². The molecule has 0 fully saturated rings. The Labute approximate surface area is 637 Å². The maximum atomic E-state index is 6.70. The second kappa shape index (κ2) is 23.4. The van der Waals surface area contributed by atoms with E-state index in [4.69, 9.17) is 13.3 Å². The first-order valence-electron chi connectivity index (χ1n) is 37.8. The Kier molecular flexibility index (Phi) is 13.3. The summed E-state index contributed by atoms with van der Waals surface area (Å²) in [5, 5.41) is 14.3. The van der Waals surface area contributed by atoms with Crippen LogP contribution >= 0.6 is 11.3 Å². The van der Waals surface area contributed by atoms with Gasteiger partial charge in [0.1, 0.15) is 27.9 Å². The van der Waals surface area contributed by atoms with E-state index in [1.165, 1.54) is 120 Å². The predicted molar refractivity (Wildman–Crippen MR) is 461 cm³/mol. The summed E-state index contributed by atoms with van der Waals surface area (Å²) in [5.41, 5.74) is 29.0. The van der Waals surface area contributed by atoms with Gasteiger partial charge in [-0.2, -0.15) is 0 Å². The van der Waals surface area contributed by atoms with Crippen molar-refractivity contribution in [3.8, 4) is 33.6 Å². The van der Waals surface area contributed by atoms with Crippen molar-refractivity contribution in [2.75, 3.05) is 9.80 Å². The molecular formula is C102H68N4O3S. The topological polar surface area (TPSA) is 55.8 Å². The molecule has 8 heteroatoms. The maximum Gasteiger partial charge on any atom is 0.159 e. The molecule has 0 saturated heterocycles. The van der Waals surface area contributed by atoms with Gasteiger partial charge in [-0.25, -0.2) is 0 Å². The summed E-state index contributed by atoms with van der Waals surface area (Å²) in [6.45, 7) is 9.49. The molecule has 110 heavy (non-hydrogen) atoms. The van der Waals surface area contributed by atoms with Crippen LogP contribution in [0.2, 0.25) is 0 Å². The van der Waals surface area contributed by atoms with Gasteiger partial charge < -0.3 is 32.2 Å². The summed E-state index contributed by atoms with van der Waals surface area (Å²) in [4.78, 5) is 4.76. The number of anilines is 6. The molecule has 22 aromatic rings. The van der Waals surface area contributed by atoms with Crippen LogP contribution in [0.5, 0.6) is 0 Å². The van der Waals surface area contributed by atoms with Crippen molar-refractivity contribution >= 4 is 175 Å². The zero-order valence-corrected chi connectivity index (χ0v) is 61.6. The van der Waals surface area contributed by atoms with Crippen molar-refractivity contribution in [3.05, 3.63) is 362 Å². The van der Waals surface area contributed by atoms with E-state index in [1.807, 2.05) is 41.7 Å². The average Bonchev–Trinajstić information content (AvgIpc) is 1.56. The van der Waals surface area contributed by atoms with Gasteiger partial charge in [0, 0.05) is 131 Å². The lowest BCUT2D eigenvalue weighted by Gasteiger charge is -2.28. The summed E-state index contributed by atoms with van der Waals surface area (Å²) in [7, 11) is 0. The van der Waals surface area contributed by atoms with E-state index in [9.17, 15) is 0 Å². The summed E-state index contributed by atoms with van der Waals surface area (Å²) < 4.78 is 26.8. The monoisotopic (exact) mass is 1430 g/mol. The Hall–Kier alpha value is -13.7. The standard InChI is InChI=1S/C51H34N2O2.C51H34N2OS/c1-51(2)43-28-32(19-23-35(43)36-24-20-33(29-44(36)51)53-45-15-7-3-11-37(45)38-12-4-8-16-46(38)53)52(31-22-26-49-42(27-31)40-14-6-10-18-48(40)54-49)34-21-25-41-39-13-5-9-17-47(39)55-50(41)30-34;1-51(2)42-29-32(22-25-34(42)35-26-23-33(30-43(35)51)53-44-17-7-3-12-36(44)37-13-4-8-18-45(37)53)52(31-24-27-49-41(28-31)39-15-6-10-21-48(39)55-49)46-19-11-16-40-38-14-5-9-20-47(38)54-50(40)46/h2*3-30H,1-2H3. The molecule has 6 heterocycles. The number of furan rings is 3. The van der Waals surface area contributed by atoms with E-state index in [-0.39, 0.29) is 10.8 Å². The number of para-hydroxylation sites is 8. The molecular weight excluding hydrogens is 1360 g/mol. The van der Waals surface area contributed by atoms with E-state index < -0.39 is 0 Å². The quantitative estimate of drug-likeness (QED) is 0.152. The maximum absolute atomic E-state index is 6.70. The largest absolute Gasteiger partial charge is 0.456 e. The molecule has 24 rings (SSSR count). The summed E-state index contributed by atoms with van der Waals surface area (Å²) >= 11 is 1.85. The number of rotatable bonds is 8. The van der Waals surface area contributed by atoms with Crippen molar-refractivity contribution in [1.29, 1.82) is 0 Å². The third kappa shape index (κ3) is 9.17. The minimum Gasteiger partial charge on any atom is -0.456 e. The van der Waals surface area contributed by atoms with E-state index >= 15 is 0 Å². The van der Waals surface area contributed by atoms with Gasteiger partial charge in [0.2, 0.25) is 0 Å². The molecule has 0 unspecified atom stereocenters. The molecule has 2 aliphatic carbocycles. The van der Waals surface area contributed by atoms with Gasteiger partial charge in [-0.05, 0) is 196 Å². The molecule has 0 atom stereocenters. The Balaban J connectivity index is 0.000000132. The minimum atomic E-state index is -0.242. The molecule has 520 valence electrons. The van der Waals surface area contributed by atoms with Gasteiger partial charge in [0.05, 0.1) is 27.8 Å². The van der Waals surface area contributed by atoms with Crippen molar-refractivity contribution in [1.82, 2.24) is 9.13 Å². The van der Waals surface area contributed by atoms with E-state index in [2.05, 4.69) is 356 Å². The number of hydrogen-bond acceptors (Lipinski definition) is 6. The van der Waals surface area contributed by atoms with Gasteiger partial charge in [-0.15, -0.1) is 11.3 Å². The first-order valence-corrected chi connectivity index (χ1v) is 38.7. The van der Waals surface area contributed by atoms with Gasteiger partial charge in [-0.3, -0.25) is 0 Å². The van der Waals surface area contributed by atoms with Crippen LogP contribution in [0.25, 0.3) is 163 Å². The smallest absolute Gasteiger partial charge is 0.159 e. The van der Waals surface area contributed by atoms with Gasteiger partial charge >= 0.3 is 0 Å². The zero-order valence-electron chi connectivity index (χ0n) is 60.8. The fraction of sp³-hybridized carbons (Fsp3) is 0.0588.